The van der Waals surface area contributed by atoms with Gasteiger partial charge in [-0.1, -0.05) is 0 Å². The van der Waals surface area contributed by atoms with Gasteiger partial charge in [-0.2, -0.15) is 8.78 Å². The Morgan fingerprint density at radius 1 is 1.50 bits per heavy atom. The lowest BCUT2D eigenvalue weighted by atomic mass is 10.2. The van der Waals surface area contributed by atoms with Gasteiger partial charge < -0.3 is 10.8 Å². The van der Waals surface area contributed by atoms with Gasteiger partial charge in [0.25, 0.3) is 5.91 Å². The normalized spacial score (nSPS) is 11.0. The number of carbonyl (C=O) groups is 2. The van der Waals surface area contributed by atoms with Gasteiger partial charge in [0.15, 0.2) is 0 Å². The minimum absolute atomic E-state index is 1.55. The summed E-state index contributed by atoms with van der Waals surface area (Å²) in [5.74, 6) is -7.62. The standard InChI is InChI=1S/C4H5F2NO3/c5-4(6,3(7)10)1-2(8)9/h1H2,(H2,7,10)(H,8,9). The molecule has 10 heavy (non-hydrogen) atoms. The number of hydrogen-bond donors (Lipinski definition) is 2. The molecule has 0 saturated heterocycles. The van der Waals surface area contributed by atoms with Crippen LogP contribution in [-0.2, 0) is 9.59 Å². The molecule has 0 atom stereocenters. The Kier molecular flexibility index (Phi) is 2.28. The van der Waals surface area contributed by atoms with E-state index < -0.39 is 24.2 Å². The van der Waals surface area contributed by atoms with E-state index in [0.29, 0.717) is 0 Å². The second-order valence-electron chi connectivity index (χ2n) is 1.64. The van der Waals surface area contributed by atoms with Crippen molar-refractivity contribution in [1.82, 2.24) is 0 Å². The number of hydrogen-bond acceptors (Lipinski definition) is 2. The summed E-state index contributed by atoms with van der Waals surface area (Å²) >= 11 is 0. The van der Waals surface area contributed by atoms with Gasteiger partial charge >= 0.3 is 11.9 Å². The van der Waals surface area contributed by atoms with Gasteiger partial charge in [0, 0.05) is 0 Å². The SMILES string of the molecule is NC(=O)C(F)(F)CC(=O)O. The van der Waals surface area contributed by atoms with Crippen LogP contribution in [0, 0.1) is 0 Å². The molecule has 0 aliphatic carbocycles. The molecule has 0 aliphatic heterocycles. The third kappa shape index (κ3) is 2.38. The Balaban J connectivity index is 4.13. The van der Waals surface area contributed by atoms with Crippen molar-refractivity contribution < 1.29 is 23.5 Å². The van der Waals surface area contributed by atoms with Gasteiger partial charge in [-0.15, -0.1) is 0 Å². The Morgan fingerprint density at radius 3 is 2.00 bits per heavy atom. The lowest BCUT2D eigenvalue weighted by Crippen LogP contribution is -2.37. The maximum absolute atomic E-state index is 11.9. The van der Waals surface area contributed by atoms with Crippen LogP contribution in [0.2, 0.25) is 0 Å². The van der Waals surface area contributed by atoms with E-state index in [-0.39, 0.29) is 0 Å². The summed E-state index contributed by atoms with van der Waals surface area (Å²) in [6, 6.07) is 0. The van der Waals surface area contributed by atoms with Gasteiger partial charge in [-0.05, 0) is 0 Å². The molecule has 0 radical (unpaired) electrons. The zero-order valence-corrected chi connectivity index (χ0v) is 4.80. The van der Waals surface area contributed by atoms with Gasteiger partial charge in [-0.25, -0.2) is 0 Å². The summed E-state index contributed by atoms with van der Waals surface area (Å²) < 4.78 is 23.9. The molecule has 6 heteroatoms. The molecule has 0 saturated carbocycles. The molecule has 0 spiro atoms. The molecule has 0 bridgehead atoms. The number of halogens is 2. The van der Waals surface area contributed by atoms with E-state index in [1.807, 2.05) is 0 Å². The van der Waals surface area contributed by atoms with Gasteiger partial charge in [-0.3, -0.25) is 9.59 Å². The molecule has 0 aromatic carbocycles. The molecule has 3 N–H and O–H groups in total. The van der Waals surface area contributed by atoms with Crippen LogP contribution in [0.4, 0.5) is 8.78 Å². The molecular weight excluding hydrogens is 148 g/mol. The van der Waals surface area contributed by atoms with E-state index in [1.165, 1.54) is 0 Å². The molecule has 0 aromatic heterocycles. The van der Waals surface area contributed by atoms with E-state index in [4.69, 9.17) is 5.11 Å². The quantitative estimate of drug-likeness (QED) is 0.577. The van der Waals surface area contributed by atoms with Gasteiger partial charge in [0.2, 0.25) is 0 Å². The zero-order chi connectivity index (χ0) is 8.36. The highest BCUT2D eigenvalue weighted by molar-refractivity contribution is 5.86. The van der Waals surface area contributed by atoms with Crippen LogP contribution in [0.25, 0.3) is 0 Å². The number of carbonyl (C=O) groups excluding carboxylic acids is 1. The Hall–Kier alpha value is -1.20. The first-order valence-corrected chi connectivity index (χ1v) is 2.26. The van der Waals surface area contributed by atoms with Gasteiger partial charge in [0.05, 0.1) is 0 Å². The molecule has 0 aromatic rings. The first-order valence-electron chi connectivity index (χ1n) is 2.26. The minimum atomic E-state index is -3.94. The number of primary amides is 1. The summed E-state index contributed by atoms with van der Waals surface area (Å²) in [5, 5.41) is 7.81. The smallest absolute Gasteiger partial charge is 0.334 e. The largest absolute Gasteiger partial charge is 0.481 e. The van der Waals surface area contributed by atoms with Crippen molar-refractivity contribution in [3.63, 3.8) is 0 Å². The fourth-order valence-electron chi connectivity index (χ4n) is 0.277. The van der Waals surface area contributed by atoms with Crippen molar-refractivity contribution in [3.8, 4) is 0 Å². The molecule has 0 rings (SSSR count). The number of carboxylic acid groups (broad SMARTS) is 1. The summed E-state index contributed by atoms with van der Waals surface area (Å²) in [6.07, 6.45) is -1.55. The molecule has 4 nitrogen and oxygen atoms in total. The minimum Gasteiger partial charge on any atom is -0.481 e. The van der Waals surface area contributed by atoms with Crippen molar-refractivity contribution in [2.24, 2.45) is 5.73 Å². The number of nitrogens with two attached hydrogens (primary N) is 1. The first-order chi connectivity index (χ1) is 4.36. The summed E-state index contributed by atoms with van der Waals surface area (Å²) in [5.41, 5.74) is 4.17. The number of aliphatic carboxylic acids is 1. The van der Waals surface area contributed by atoms with Crippen LogP contribution >= 0.6 is 0 Å². The summed E-state index contributed by atoms with van der Waals surface area (Å²) in [7, 11) is 0. The van der Waals surface area contributed by atoms with E-state index in [0.717, 1.165) is 0 Å². The lowest BCUT2D eigenvalue weighted by molar-refractivity contribution is -0.155. The van der Waals surface area contributed by atoms with Crippen LogP contribution in [0.15, 0.2) is 0 Å². The van der Waals surface area contributed by atoms with Crippen molar-refractivity contribution >= 4 is 11.9 Å². The number of carboxylic acids is 1. The Labute approximate surface area is 54.6 Å². The summed E-state index contributed by atoms with van der Waals surface area (Å²) in [6.45, 7) is 0. The van der Waals surface area contributed by atoms with Crippen molar-refractivity contribution in [3.05, 3.63) is 0 Å². The molecule has 0 fully saturated rings. The maximum atomic E-state index is 11.9. The average Bonchev–Trinajstić information content (AvgIpc) is 1.60. The van der Waals surface area contributed by atoms with Crippen LogP contribution in [0.5, 0.6) is 0 Å². The van der Waals surface area contributed by atoms with Crippen molar-refractivity contribution in [2.75, 3.05) is 0 Å². The monoisotopic (exact) mass is 153 g/mol. The molecular formula is C4H5F2NO3. The van der Waals surface area contributed by atoms with Crippen LogP contribution in [0.1, 0.15) is 6.42 Å². The highest BCUT2D eigenvalue weighted by Gasteiger charge is 2.38. The predicted octanol–water partition coefficient (Wildman–Crippen LogP) is -0.418. The molecule has 0 unspecified atom stereocenters. The van der Waals surface area contributed by atoms with Crippen LogP contribution in [-0.4, -0.2) is 22.9 Å². The maximum Gasteiger partial charge on any atom is 0.334 e. The zero-order valence-electron chi connectivity index (χ0n) is 4.80. The van der Waals surface area contributed by atoms with E-state index in [9.17, 15) is 18.4 Å². The average molecular weight is 153 g/mol. The number of rotatable bonds is 3. The summed E-state index contributed by atoms with van der Waals surface area (Å²) in [4.78, 5) is 19.4. The Bertz CT molecular complexity index is 168. The lowest BCUT2D eigenvalue weighted by Gasteiger charge is -2.07. The van der Waals surface area contributed by atoms with Crippen molar-refractivity contribution in [1.29, 1.82) is 0 Å². The third-order valence-electron chi connectivity index (χ3n) is 0.734. The molecule has 0 heterocycles. The number of amides is 1. The van der Waals surface area contributed by atoms with Crippen LogP contribution < -0.4 is 5.73 Å². The molecule has 58 valence electrons. The fourth-order valence-corrected chi connectivity index (χ4v) is 0.277. The number of alkyl halides is 2. The fraction of sp³-hybridized carbons (Fsp3) is 0.500. The second kappa shape index (κ2) is 2.59. The third-order valence-corrected chi connectivity index (χ3v) is 0.734. The van der Waals surface area contributed by atoms with Crippen LogP contribution in [0.3, 0.4) is 0 Å². The second-order valence-corrected chi connectivity index (χ2v) is 1.64. The first kappa shape index (κ1) is 8.80. The molecule has 1 amide bonds. The van der Waals surface area contributed by atoms with E-state index in [2.05, 4.69) is 5.73 Å². The Morgan fingerprint density at radius 2 is 1.90 bits per heavy atom. The van der Waals surface area contributed by atoms with Gasteiger partial charge in [0.1, 0.15) is 6.42 Å². The highest BCUT2D eigenvalue weighted by atomic mass is 19.3. The topological polar surface area (TPSA) is 80.4 Å². The van der Waals surface area contributed by atoms with E-state index in [1.54, 1.807) is 0 Å². The predicted molar refractivity (Wildman–Crippen MR) is 26.4 cm³/mol. The van der Waals surface area contributed by atoms with Crippen molar-refractivity contribution in [2.45, 2.75) is 12.3 Å². The highest BCUT2D eigenvalue weighted by Crippen LogP contribution is 2.16. The molecule has 0 aliphatic rings. The van der Waals surface area contributed by atoms with E-state index >= 15 is 0 Å².